The Morgan fingerprint density at radius 1 is 1.03 bits per heavy atom. The first-order valence-electron chi connectivity index (χ1n) is 10.7. The summed E-state index contributed by atoms with van der Waals surface area (Å²) in [5.74, 6) is 1.06. The maximum absolute atomic E-state index is 7.60. The molecule has 3 nitrogen and oxygen atoms in total. The Morgan fingerprint density at radius 3 is 2.40 bits per heavy atom. The van der Waals surface area contributed by atoms with Crippen molar-refractivity contribution >= 4 is 34.5 Å². The van der Waals surface area contributed by atoms with Crippen LogP contribution in [0.3, 0.4) is 0 Å². The number of fused-ring (bicyclic) bond motifs is 2. The molecule has 0 amide bonds. The number of aliphatic imine (C=N–C) groups is 1. The molecule has 3 aromatic rings. The molecule has 0 saturated heterocycles. The van der Waals surface area contributed by atoms with E-state index in [1.54, 1.807) is 0 Å². The number of nitrogens with one attached hydrogen (secondary N) is 1. The predicted molar refractivity (Wildman–Crippen MR) is 130 cm³/mol. The highest BCUT2D eigenvalue weighted by atomic mass is 14.8. The molecule has 1 heterocycles. The van der Waals surface area contributed by atoms with E-state index in [0.717, 1.165) is 34.9 Å². The van der Waals surface area contributed by atoms with Gasteiger partial charge in [0, 0.05) is 23.7 Å². The van der Waals surface area contributed by atoms with E-state index in [-0.39, 0.29) is 5.84 Å². The van der Waals surface area contributed by atoms with E-state index in [2.05, 4.69) is 69.3 Å². The van der Waals surface area contributed by atoms with Gasteiger partial charge in [-0.1, -0.05) is 75.4 Å². The van der Waals surface area contributed by atoms with Gasteiger partial charge in [0.2, 0.25) is 0 Å². The lowest BCUT2D eigenvalue weighted by molar-refractivity contribution is 0.657. The molecule has 30 heavy (non-hydrogen) atoms. The molecule has 1 atom stereocenters. The lowest BCUT2D eigenvalue weighted by Gasteiger charge is -2.26. The molecule has 0 bridgehead atoms. The van der Waals surface area contributed by atoms with Crippen molar-refractivity contribution in [2.75, 3.05) is 6.54 Å². The SMILES string of the molecule is CCC1CN=C(C(C)C)c2ccc(/C=C/c3ccc4cc(C(=N)N)ccc4c3)cc21. The van der Waals surface area contributed by atoms with E-state index >= 15 is 0 Å². The monoisotopic (exact) mass is 395 g/mol. The zero-order valence-corrected chi connectivity index (χ0v) is 17.9. The lowest BCUT2D eigenvalue weighted by atomic mass is 9.83. The number of nitrogens with two attached hydrogens (primary N) is 1. The number of nitrogens with zero attached hydrogens (tertiary/aromatic N) is 1. The molecule has 0 fully saturated rings. The summed E-state index contributed by atoms with van der Waals surface area (Å²) in [5.41, 5.74) is 12.8. The van der Waals surface area contributed by atoms with Crippen LogP contribution in [0.15, 0.2) is 59.6 Å². The van der Waals surface area contributed by atoms with Crippen LogP contribution in [-0.2, 0) is 0 Å². The summed E-state index contributed by atoms with van der Waals surface area (Å²) in [4.78, 5) is 4.87. The molecule has 152 valence electrons. The van der Waals surface area contributed by atoms with Gasteiger partial charge in [-0.3, -0.25) is 10.4 Å². The van der Waals surface area contributed by atoms with Crippen LogP contribution in [-0.4, -0.2) is 18.1 Å². The Labute approximate surface area is 178 Å². The fourth-order valence-corrected chi connectivity index (χ4v) is 4.22. The summed E-state index contributed by atoms with van der Waals surface area (Å²) in [6.45, 7) is 7.60. The van der Waals surface area contributed by atoms with Crippen LogP contribution in [0.2, 0.25) is 0 Å². The van der Waals surface area contributed by atoms with Crippen molar-refractivity contribution in [3.05, 3.63) is 82.4 Å². The van der Waals surface area contributed by atoms with Crippen LogP contribution in [0, 0.1) is 11.3 Å². The highest BCUT2D eigenvalue weighted by Gasteiger charge is 2.23. The minimum atomic E-state index is 0.101. The summed E-state index contributed by atoms with van der Waals surface area (Å²) in [7, 11) is 0. The van der Waals surface area contributed by atoms with Gasteiger partial charge in [0.05, 0.1) is 0 Å². The number of hydrogen-bond donors (Lipinski definition) is 2. The molecule has 0 aromatic heterocycles. The largest absolute Gasteiger partial charge is 0.384 e. The molecule has 3 aromatic carbocycles. The molecule has 3 heteroatoms. The van der Waals surface area contributed by atoms with Crippen LogP contribution in [0.5, 0.6) is 0 Å². The fraction of sp³-hybridized carbons (Fsp3) is 0.259. The van der Waals surface area contributed by atoms with Gasteiger partial charge in [-0.2, -0.15) is 0 Å². The van der Waals surface area contributed by atoms with E-state index in [1.807, 2.05) is 18.2 Å². The normalized spacial score (nSPS) is 16.1. The first-order valence-corrected chi connectivity index (χ1v) is 10.7. The summed E-state index contributed by atoms with van der Waals surface area (Å²) in [6.07, 6.45) is 5.47. The van der Waals surface area contributed by atoms with Gasteiger partial charge in [0.25, 0.3) is 0 Å². The molecule has 0 saturated carbocycles. The molecule has 1 aliphatic rings. The number of rotatable bonds is 5. The summed E-state index contributed by atoms with van der Waals surface area (Å²) < 4.78 is 0. The number of benzene rings is 3. The molecular weight excluding hydrogens is 366 g/mol. The Balaban J connectivity index is 1.63. The van der Waals surface area contributed by atoms with Crippen LogP contribution in [0.25, 0.3) is 22.9 Å². The summed E-state index contributed by atoms with van der Waals surface area (Å²) in [5, 5.41) is 9.85. The van der Waals surface area contributed by atoms with Crippen molar-refractivity contribution in [2.24, 2.45) is 16.6 Å². The van der Waals surface area contributed by atoms with Gasteiger partial charge < -0.3 is 5.73 Å². The van der Waals surface area contributed by atoms with Gasteiger partial charge in [0.15, 0.2) is 0 Å². The summed E-state index contributed by atoms with van der Waals surface area (Å²) in [6, 6.07) is 19.1. The predicted octanol–water partition coefficient (Wildman–Crippen LogP) is 6.25. The molecular formula is C27H29N3. The van der Waals surface area contributed by atoms with E-state index < -0.39 is 0 Å². The number of nitrogen functional groups attached to an aromatic ring is 1. The maximum Gasteiger partial charge on any atom is 0.122 e. The third-order valence-corrected chi connectivity index (χ3v) is 5.96. The van der Waals surface area contributed by atoms with Crippen molar-refractivity contribution < 1.29 is 0 Å². The topological polar surface area (TPSA) is 62.2 Å². The van der Waals surface area contributed by atoms with Crippen molar-refractivity contribution in [1.82, 2.24) is 0 Å². The quantitative estimate of drug-likeness (QED) is 0.299. The Kier molecular flexibility index (Phi) is 5.54. The highest BCUT2D eigenvalue weighted by molar-refractivity contribution is 6.04. The van der Waals surface area contributed by atoms with Crippen molar-refractivity contribution in [3.8, 4) is 0 Å². The van der Waals surface area contributed by atoms with Gasteiger partial charge in [-0.25, -0.2) is 0 Å². The van der Waals surface area contributed by atoms with Gasteiger partial charge in [0.1, 0.15) is 5.84 Å². The Hall–Kier alpha value is -3.20. The second-order valence-corrected chi connectivity index (χ2v) is 8.40. The number of amidine groups is 1. The zero-order chi connectivity index (χ0) is 21.3. The average Bonchev–Trinajstić information content (AvgIpc) is 2.75. The molecule has 0 aliphatic carbocycles. The lowest BCUT2D eigenvalue weighted by Crippen LogP contribution is -2.21. The van der Waals surface area contributed by atoms with E-state index in [0.29, 0.717) is 11.8 Å². The Morgan fingerprint density at radius 2 is 1.70 bits per heavy atom. The second-order valence-electron chi connectivity index (χ2n) is 8.40. The third kappa shape index (κ3) is 3.93. The molecule has 1 unspecified atom stereocenters. The maximum atomic E-state index is 7.60. The minimum absolute atomic E-state index is 0.101. The average molecular weight is 396 g/mol. The van der Waals surface area contributed by atoms with E-state index in [4.69, 9.17) is 16.1 Å². The van der Waals surface area contributed by atoms with Gasteiger partial charge in [-0.05, 0) is 57.5 Å². The van der Waals surface area contributed by atoms with Crippen molar-refractivity contribution in [2.45, 2.75) is 33.1 Å². The van der Waals surface area contributed by atoms with Crippen LogP contribution >= 0.6 is 0 Å². The smallest absolute Gasteiger partial charge is 0.122 e. The molecule has 3 N–H and O–H groups in total. The van der Waals surface area contributed by atoms with Gasteiger partial charge >= 0.3 is 0 Å². The van der Waals surface area contributed by atoms with Crippen LogP contribution in [0.4, 0.5) is 0 Å². The van der Waals surface area contributed by atoms with E-state index in [9.17, 15) is 0 Å². The molecule has 4 rings (SSSR count). The first kappa shape index (κ1) is 20.1. The zero-order valence-electron chi connectivity index (χ0n) is 17.9. The first-order chi connectivity index (χ1) is 14.5. The minimum Gasteiger partial charge on any atom is -0.384 e. The van der Waals surface area contributed by atoms with E-state index in [1.165, 1.54) is 22.4 Å². The van der Waals surface area contributed by atoms with Crippen molar-refractivity contribution in [3.63, 3.8) is 0 Å². The standard InChI is InChI=1S/C27H29N3/c1-4-20-16-30-26(17(2)3)24-12-8-19(14-25(20)24)6-5-18-7-9-22-15-23(27(28)29)11-10-21(22)13-18/h5-15,17,20H,4,16H2,1-3H3,(H3,28,29)/b6-5+. The molecule has 0 spiro atoms. The van der Waals surface area contributed by atoms with Crippen LogP contribution < -0.4 is 5.73 Å². The molecule has 0 radical (unpaired) electrons. The van der Waals surface area contributed by atoms with Crippen LogP contribution in [0.1, 0.15) is 60.9 Å². The third-order valence-electron chi connectivity index (χ3n) is 5.96. The van der Waals surface area contributed by atoms with Crippen molar-refractivity contribution in [1.29, 1.82) is 5.41 Å². The molecule has 1 aliphatic heterocycles. The second kappa shape index (κ2) is 8.27. The fourth-order valence-electron chi connectivity index (χ4n) is 4.22. The van der Waals surface area contributed by atoms with Gasteiger partial charge in [-0.15, -0.1) is 0 Å². The summed E-state index contributed by atoms with van der Waals surface area (Å²) >= 11 is 0. The Bertz CT molecular complexity index is 1170. The number of hydrogen-bond acceptors (Lipinski definition) is 2. The highest BCUT2D eigenvalue weighted by Crippen LogP contribution is 2.32.